The largest absolute Gasteiger partial charge is 0.419 e. The number of nitrogens with one attached hydrogen (secondary N) is 2. The van der Waals surface area contributed by atoms with Gasteiger partial charge in [0.25, 0.3) is 0 Å². The molecule has 0 aliphatic carbocycles. The van der Waals surface area contributed by atoms with Crippen LogP contribution < -0.4 is 16.4 Å². The highest BCUT2D eigenvalue weighted by Gasteiger charge is 2.34. The quantitative estimate of drug-likeness (QED) is 0.583. The molecule has 2 heterocycles. The summed E-state index contributed by atoms with van der Waals surface area (Å²) in [4.78, 5) is 15.4. The molecule has 0 aliphatic heterocycles. The lowest BCUT2D eigenvalue weighted by atomic mass is 10.1. The molecular formula is C19H19F3N6O. The van der Waals surface area contributed by atoms with Gasteiger partial charge >= 0.3 is 6.18 Å². The second kappa shape index (κ2) is 7.82. The van der Waals surface area contributed by atoms with Gasteiger partial charge in [0.05, 0.1) is 22.6 Å². The summed E-state index contributed by atoms with van der Waals surface area (Å²) in [5.74, 6) is -0.428. The van der Waals surface area contributed by atoms with E-state index in [1.807, 2.05) is 0 Å². The monoisotopic (exact) mass is 404 g/mol. The number of aromatic nitrogens is 3. The van der Waals surface area contributed by atoms with Crippen molar-refractivity contribution in [3.8, 4) is 0 Å². The SMILES string of the molecule is Cc1nn(C)cc1Nc1cc(NCc2ccccc2C(N)=O)c(C(F)(F)F)cn1. The molecule has 0 saturated heterocycles. The number of halogens is 3. The van der Waals surface area contributed by atoms with E-state index >= 15 is 0 Å². The summed E-state index contributed by atoms with van der Waals surface area (Å²) >= 11 is 0. The predicted octanol–water partition coefficient (Wildman–Crippen LogP) is 3.60. The molecule has 152 valence electrons. The standard InChI is InChI=1S/C19H19F3N6O/c1-11-16(10-28(2)27-11)26-17-7-15(14(9-25-17)19(20,21)22)24-8-12-5-3-4-6-13(12)18(23)29/h3-7,9-10H,8H2,1-2H3,(H2,23,29)(H2,24,25,26). The topological polar surface area (TPSA) is 97.9 Å². The molecule has 0 fully saturated rings. The smallest absolute Gasteiger partial charge is 0.380 e. The van der Waals surface area contributed by atoms with Crippen LogP contribution in [0.4, 0.5) is 30.4 Å². The van der Waals surface area contributed by atoms with Gasteiger partial charge in [-0.2, -0.15) is 18.3 Å². The molecule has 3 rings (SSSR count). The number of hydrogen-bond acceptors (Lipinski definition) is 5. The van der Waals surface area contributed by atoms with E-state index in [0.717, 1.165) is 6.20 Å². The van der Waals surface area contributed by atoms with Crippen LogP contribution in [0.1, 0.15) is 27.2 Å². The Morgan fingerprint density at radius 3 is 2.59 bits per heavy atom. The Morgan fingerprint density at radius 1 is 1.24 bits per heavy atom. The number of primary amides is 1. The van der Waals surface area contributed by atoms with E-state index in [1.165, 1.54) is 12.1 Å². The van der Waals surface area contributed by atoms with Gasteiger partial charge in [-0.05, 0) is 18.6 Å². The molecule has 0 saturated carbocycles. The van der Waals surface area contributed by atoms with Crippen LogP contribution in [0.3, 0.4) is 0 Å². The number of aryl methyl sites for hydroxylation is 2. The van der Waals surface area contributed by atoms with E-state index in [2.05, 4.69) is 20.7 Å². The normalized spacial score (nSPS) is 11.3. The van der Waals surface area contributed by atoms with E-state index in [1.54, 1.807) is 43.0 Å². The maximum Gasteiger partial charge on any atom is 0.419 e. The summed E-state index contributed by atoms with van der Waals surface area (Å²) in [6.45, 7) is 1.75. The van der Waals surface area contributed by atoms with Gasteiger partial charge in [0.1, 0.15) is 5.82 Å². The number of carbonyl (C=O) groups excluding carboxylic acids is 1. The number of pyridine rings is 1. The third kappa shape index (κ3) is 4.65. The average Bonchev–Trinajstić information content (AvgIpc) is 2.96. The van der Waals surface area contributed by atoms with Crippen LogP contribution >= 0.6 is 0 Å². The number of alkyl halides is 3. The van der Waals surface area contributed by atoms with Crippen molar-refractivity contribution >= 4 is 23.1 Å². The Bertz CT molecular complexity index is 1040. The highest BCUT2D eigenvalue weighted by atomic mass is 19.4. The molecule has 0 unspecified atom stereocenters. The Balaban J connectivity index is 1.91. The lowest BCUT2D eigenvalue weighted by molar-refractivity contribution is -0.137. The Hall–Kier alpha value is -3.56. The van der Waals surface area contributed by atoms with Crippen LogP contribution in [0.5, 0.6) is 0 Å². The fourth-order valence-electron chi connectivity index (χ4n) is 2.86. The van der Waals surface area contributed by atoms with Crippen molar-refractivity contribution in [3.05, 3.63) is 65.1 Å². The molecule has 4 N–H and O–H groups in total. The molecule has 10 heteroatoms. The fourth-order valence-corrected chi connectivity index (χ4v) is 2.86. The minimum absolute atomic E-state index is 0.0163. The van der Waals surface area contributed by atoms with Gasteiger partial charge in [-0.3, -0.25) is 9.48 Å². The van der Waals surface area contributed by atoms with Crippen LogP contribution in [0, 0.1) is 6.92 Å². The van der Waals surface area contributed by atoms with E-state index < -0.39 is 17.6 Å². The summed E-state index contributed by atoms with van der Waals surface area (Å²) in [6.07, 6.45) is -2.14. The Morgan fingerprint density at radius 2 is 1.97 bits per heavy atom. The minimum atomic E-state index is -4.60. The number of anilines is 3. The first-order chi connectivity index (χ1) is 13.6. The number of amides is 1. The lowest BCUT2D eigenvalue weighted by Gasteiger charge is -2.16. The van der Waals surface area contributed by atoms with Crippen molar-refractivity contribution in [3.63, 3.8) is 0 Å². The highest BCUT2D eigenvalue weighted by molar-refractivity contribution is 5.94. The van der Waals surface area contributed by atoms with Crippen LogP contribution in [-0.2, 0) is 19.8 Å². The highest BCUT2D eigenvalue weighted by Crippen LogP contribution is 2.36. The molecule has 3 aromatic rings. The summed E-state index contributed by atoms with van der Waals surface area (Å²) in [7, 11) is 1.74. The number of rotatable bonds is 6. The van der Waals surface area contributed by atoms with Crippen molar-refractivity contribution < 1.29 is 18.0 Å². The molecule has 1 aromatic carbocycles. The maximum absolute atomic E-state index is 13.4. The molecular weight excluding hydrogens is 385 g/mol. The molecule has 29 heavy (non-hydrogen) atoms. The Kier molecular flexibility index (Phi) is 5.44. The summed E-state index contributed by atoms with van der Waals surface area (Å²) in [5.41, 5.74) is 6.29. The van der Waals surface area contributed by atoms with Crippen molar-refractivity contribution in [2.45, 2.75) is 19.6 Å². The number of nitrogens with two attached hydrogens (primary N) is 1. The maximum atomic E-state index is 13.4. The average molecular weight is 404 g/mol. The minimum Gasteiger partial charge on any atom is -0.380 e. The molecule has 1 amide bonds. The summed E-state index contributed by atoms with van der Waals surface area (Å²) in [6, 6.07) is 7.73. The zero-order valence-corrected chi connectivity index (χ0v) is 15.7. The van der Waals surface area contributed by atoms with Gasteiger partial charge in [0.2, 0.25) is 5.91 Å². The van der Waals surface area contributed by atoms with Crippen molar-refractivity contribution in [2.75, 3.05) is 10.6 Å². The van der Waals surface area contributed by atoms with Crippen LogP contribution in [0.15, 0.2) is 42.7 Å². The second-order valence-corrected chi connectivity index (χ2v) is 6.41. The van der Waals surface area contributed by atoms with Crippen molar-refractivity contribution in [1.29, 1.82) is 0 Å². The van der Waals surface area contributed by atoms with Crippen LogP contribution in [0.2, 0.25) is 0 Å². The van der Waals surface area contributed by atoms with E-state index in [-0.39, 0.29) is 23.6 Å². The number of benzene rings is 1. The summed E-state index contributed by atoms with van der Waals surface area (Å²) < 4.78 is 41.8. The van der Waals surface area contributed by atoms with Gasteiger partial charge < -0.3 is 16.4 Å². The van der Waals surface area contributed by atoms with Gasteiger partial charge in [-0.1, -0.05) is 18.2 Å². The van der Waals surface area contributed by atoms with Crippen LogP contribution in [-0.4, -0.2) is 20.7 Å². The first-order valence-electron chi connectivity index (χ1n) is 8.61. The van der Waals surface area contributed by atoms with E-state index in [9.17, 15) is 18.0 Å². The molecule has 0 spiro atoms. The molecule has 0 bridgehead atoms. The van der Waals surface area contributed by atoms with Gasteiger partial charge in [-0.15, -0.1) is 0 Å². The van der Waals surface area contributed by atoms with E-state index in [4.69, 9.17) is 5.73 Å². The first kappa shape index (κ1) is 20.2. The van der Waals surface area contributed by atoms with E-state index in [0.29, 0.717) is 16.9 Å². The van der Waals surface area contributed by atoms with Crippen molar-refractivity contribution in [2.24, 2.45) is 12.8 Å². The summed E-state index contributed by atoms with van der Waals surface area (Å²) in [5, 5.41) is 9.89. The molecule has 7 nitrogen and oxygen atoms in total. The number of nitrogens with zero attached hydrogens (tertiary/aromatic N) is 3. The molecule has 0 radical (unpaired) electrons. The zero-order valence-electron chi connectivity index (χ0n) is 15.7. The van der Waals surface area contributed by atoms with Gasteiger partial charge in [0, 0.05) is 37.6 Å². The van der Waals surface area contributed by atoms with Gasteiger partial charge in [0.15, 0.2) is 0 Å². The third-order valence-corrected chi connectivity index (χ3v) is 4.24. The second-order valence-electron chi connectivity index (χ2n) is 6.41. The predicted molar refractivity (Wildman–Crippen MR) is 103 cm³/mol. The molecule has 0 aliphatic rings. The Labute approximate surface area is 164 Å². The third-order valence-electron chi connectivity index (χ3n) is 4.24. The fraction of sp³-hybridized carbons (Fsp3) is 0.211. The zero-order chi connectivity index (χ0) is 21.2. The lowest BCUT2D eigenvalue weighted by Crippen LogP contribution is -2.16. The first-order valence-corrected chi connectivity index (χ1v) is 8.61. The molecule has 2 aromatic heterocycles. The van der Waals surface area contributed by atoms with Crippen molar-refractivity contribution in [1.82, 2.24) is 14.8 Å². The number of hydrogen-bond donors (Lipinski definition) is 3. The van der Waals surface area contributed by atoms with Crippen LogP contribution in [0.25, 0.3) is 0 Å². The number of carbonyl (C=O) groups is 1. The molecule has 0 atom stereocenters. The van der Waals surface area contributed by atoms with Gasteiger partial charge in [-0.25, -0.2) is 4.98 Å².